The van der Waals surface area contributed by atoms with E-state index >= 15 is 0 Å². The lowest BCUT2D eigenvalue weighted by Crippen LogP contribution is -2.14. The molecule has 178 valence electrons. The second kappa shape index (κ2) is 11.0. The van der Waals surface area contributed by atoms with Crippen LogP contribution >= 0.6 is 0 Å². The van der Waals surface area contributed by atoms with Gasteiger partial charge in [0.1, 0.15) is 6.61 Å². The summed E-state index contributed by atoms with van der Waals surface area (Å²) in [5.74, 6) is 0.0757. The number of nitrogens with zero attached hydrogens (tertiary/aromatic N) is 1. The van der Waals surface area contributed by atoms with Crippen LogP contribution in [-0.4, -0.2) is 29.1 Å². The van der Waals surface area contributed by atoms with E-state index in [1.54, 1.807) is 0 Å². The molecule has 0 saturated carbocycles. The van der Waals surface area contributed by atoms with Crippen molar-refractivity contribution in [2.75, 3.05) is 13.1 Å². The van der Waals surface area contributed by atoms with Gasteiger partial charge in [0.05, 0.1) is 12.0 Å². The van der Waals surface area contributed by atoms with Crippen molar-refractivity contribution in [3.05, 3.63) is 107 Å². The van der Waals surface area contributed by atoms with Crippen molar-refractivity contribution in [1.82, 2.24) is 4.90 Å². The lowest BCUT2D eigenvalue weighted by Gasteiger charge is -2.15. The summed E-state index contributed by atoms with van der Waals surface area (Å²) in [5.41, 5.74) is 5.35. The molecule has 0 bridgehead atoms. The van der Waals surface area contributed by atoms with Gasteiger partial charge in [-0.3, -0.25) is 9.69 Å². The van der Waals surface area contributed by atoms with Crippen LogP contribution in [0.4, 0.5) is 0 Å². The number of rotatable bonds is 10. The number of aliphatic hydroxyl groups excluding tert-OH is 1. The highest BCUT2D eigenvalue weighted by molar-refractivity contribution is 5.77. The SMILES string of the molecule is CC(C)Cc1ccc(C(C)C(=O)OCc2ccc(C(O)CN3CC3c3ccccc3)cc2)cc1. The fourth-order valence-electron chi connectivity index (χ4n) is 4.36. The van der Waals surface area contributed by atoms with Crippen LogP contribution in [-0.2, 0) is 22.6 Å². The first-order valence-corrected chi connectivity index (χ1v) is 12.2. The summed E-state index contributed by atoms with van der Waals surface area (Å²) in [6.45, 7) is 8.11. The first-order valence-electron chi connectivity index (χ1n) is 12.2. The Morgan fingerprint density at radius 3 is 2.18 bits per heavy atom. The molecule has 0 radical (unpaired) electrons. The molecular weight excluding hydrogens is 422 g/mol. The number of β-amino-alcohol motifs (C(OH)–C–C–N with tert-alkyl or cyclic N) is 1. The first-order chi connectivity index (χ1) is 16.4. The van der Waals surface area contributed by atoms with Crippen LogP contribution in [0.15, 0.2) is 78.9 Å². The van der Waals surface area contributed by atoms with E-state index in [1.165, 1.54) is 11.1 Å². The summed E-state index contributed by atoms with van der Waals surface area (Å²) >= 11 is 0. The maximum atomic E-state index is 12.6. The fourth-order valence-corrected chi connectivity index (χ4v) is 4.36. The Balaban J connectivity index is 1.24. The van der Waals surface area contributed by atoms with Crippen molar-refractivity contribution in [3.8, 4) is 0 Å². The predicted molar refractivity (Wildman–Crippen MR) is 135 cm³/mol. The Bertz CT molecular complexity index is 1060. The summed E-state index contributed by atoms with van der Waals surface area (Å²) < 4.78 is 5.57. The van der Waals surface area contributed by atoms with Crippen molar-refractivity contribution in [3.63, 3.8) is 0 Å². The summed E-state index contributed by atoms with van der Waals surface area (Å²) in [6, 6.07) is 26.8. The molecule has 0 aromatic heterocycles. The minimum atomic E-state index is -0.538. The van der Waals surface area contributed by atoms with Gasteiger partial charge < -0.3 is 9.84 Å². The molecule has 1 heterocycles. The summed E-state index contributed by atoms with van der Waals surface area (Å²) in [4.78, 5) is 14.8. The monoisotopic (exact) mass is 457 g/mol. The Labute approximate surface area is 203 Å². The molecule has 4 unspecified atom stereocenters. The molecule has 3 aromatic carbocycles. The highest BCUT2D eigenvalue weighted by atomic mass is 16.5. The summed E-state index contributed by atoms with van der Waals surface area (Å²) in [7, 11) is 0. The first kappa shape index (κ1) is 24.2. The van der Waals surface area contributed by atoms with Crippen LogP contribution in [0, 0.1) is 5.92 Å². The second-order valence-corrected chi connectivity index (χ2v) is 9.81. The van der Waals surface area contributed by atoms with Crippen LogP contribution in [0.5, 0.6) is 0 Å². The molecule has 4 rings (SSSR count). The van der Waals surface area contributed by atoms with Crippen LogP contribution in [0.2, 0.25) is 0 Å². The van der Waals surface area contributed by atoms with Gasteiger partial charge in [-0.2, -0.15) is 0 Å². The standard InChI is InChI=1S/C30H35NO3/c1-21(2)17-23-9-13-25(14-10-23)22(3)30(33)34-20-24-11-15-27(16-12-24)29(32)19-31-18-28(31)26-7-5-4-6-8-26/h4-16,21-22,28-29,32H,17-20H2,1-3H3. The topological polar surface area (TPSA) is 49.5 Å². The molecule has 1 fully saturated rings. The lowest BCUT2D eigenvalue weighted by atomic mass is 9.97. The molecule has 3 aromatic rings. The van der Waals surface area contributed by atoms with Gasteiger partial charge in [-0.05, 0) is 47.1 Å². The third-order valence-electron chi connectivity index (χ3n) is 6.53. The average molecular weight is 458 g/mol. The van der Waals surface area contributed by atoms with E-state index in [0.717, 1.165) is 29.7 Å². The quantitative estimate of drug-likeness (QED) is 0.308. The van der Waals surface area contributed by atoms with Crippen LogP contribution < -0.4 is 0 Å². The number of hydrogen-bond donors (Lipinski definition) is 1. The van der Waals surface area contributed by atoms with Gasteiger partial charge in [0, 0.05) is 19.1 Å². The van der Waals surface area contributed by atoms with E-state index in [1.807, 2.05) is 49.4 Å². The number of carbonyl (C=O) groups excluding carboxylic acids is 1. The number of aliphatic hydroxyl groups is 1. The molecule has 4 nitrogen and oxygen atoms in total. The zero-order valence-electron chi connectivity index (χ0n) is 20.4. The van der Waals surface area contributed by atoms with E-state index in [0.29, 0.717) is 18.5 Å². The Kier molecular flexibility index (Phi) is 7.81. The van der Waals surface area contributed by atoms with E-state index in [4.69, 9.17) is 4.74 Å². The van der Waals surface area contributed by atoms with E-state index in [2.05, 4.69) is 55.1 Å². The smallest absolute Gasteiger partial charge is 0.313 e. The predicted octanol–water partition coefficient (Wildman–Crippen LogP) is 5.82. The van der Waals surface area contributed by atoms with Crippen LogP contribution in [0.3, 0.4) is 0 Å². The van der Waals surface area contributed by atoms with Gasteiger partial charge in [-0.25, -0.2) is 0 Å². The van der Waals surface area contributed by atoms with Gasteiger partial charge in [-0.1, -0.05) is 92.7 Å². The average Bonchev–Trinajstić information content (AvgIpc) is 3.62. The molecule has 4 heteroatoms. The molecule has 1 aliphatic heterocycles. The molecule has 1 N–H and O–H groups in total. The van der Waals surface area contributed by atoms with Gasteiger partial charge in [0.15, 0.2) is 0 Å². The van der Waals surface area contributed by atoms with Crippen LogP contribution in [0.1, 0.15) is 66.7 Å². The van der Waals surface area contributed by atoms with E-state index in [9.17, 15) is 9.90 Å². The highest BCUT2D eigenvalue weighted by Gasteiger charge is 2.36. The van der Waals surface area contributed by atoms with Gasteiger partial charge in [-0.15, -0.1) is 0 Å². The third kappa shape index (κ3) is 6.34. The van der Waals surface area contributed by atoms with Crippen molar-refractivity contribution < 1.29 is 14.6 Å². The second-order valence-electron chi connectivity index (χ2n) is 9.81. The minimum Gasteiger partial charge on any atom is -0.460 e. The van der Waals surface area contributed by atoms with E-state index < -0.39 is 6.10 Å². The molecule has 1 saturated heterocycles. The van der Waals surface area contributed by atoms with Gasteiger partial charge >= 0.3 is 5.97 Å². The Morgan fingerprint density at radius 2 is 1.53 bits per heavy atom. The number of benzene rings is 3. The van der Waals surface area contributed by atoms with E-state index in [-0.39, 0.29) is 18.5 Å². The maximum absolute atomic E-state index is 12.6. The molecule has 0 amide bonds. The van der Waals surface area contributed by atoms with Gasteiger partial charge in [0.2, 0.25) is 0 Å². The number of esters is 1. The zero-order chi connectivity index (χ0) is 24.1. The molecule has 0 spiro atoms. The zero-order valence-corrected chi connectivity index (χ0v) is 20.4. The number of carbonyl (C=O) groups is 1. The van der Waals surface area contributed by atoms with Crippen molar-refractivity contribution in [1.29, 1.82) is 0 Å². The fraction of sp³-hybridized carbons (Fsp3) is 0.367. The minimum absolute atomic E-state index is 0.228. The largest absolute Gasteiger partial charge is 0.460 e. The third-order valence-corrected chi connectivity index (χ3v) is 6.53. The number of ether oxygens (including phenoxy) is 1. The van der Waals surface area contributed by atoms with Crippen LogP contribution in [0.25, 0.3) is 0 Å². The highest BCUT2D eigenvalue weighted by Crippen LogP contribution is 2.36. The number of hydrogen-bond acceptors (Lipinski definition) is 4. The normalized spacial score (nSPS) is 19.0. The summed E-state index contributed by atoms with van der Waals surface area (Å²) in [5, 5.41) is 10.6. The Hall–Kier alpha value is -2.95. The van der Waals surface area contributed by atoms with Crippen molar-refractivity contribution >= 4 is 5.97 Å². The molecular formula is C30H35NO3. The molecule has 1 aliphatic rings. The molecule has 4 atom stereocenters. The van der Waals surface area contributed by atoms with Crippen molar-refractivity contribution in [2.45, 2.75) is 51.9 Å². The van der Waals surface area contributed by atoms with Crippen molar-refractivity contribution in [2.24, 2.45) is 5.92 Å². The molecule has 0 aliphatic carbocycles. The maximum Gasteiger partial charge on any atom is 0.313 e. The Morgan fingerprint density at radius 1 is 0.912 bits per heavy atom. The lowest BCUT2D eigenvalue weighted by molar-refractivity contribution is -0.146. The van der Waals surface area contributed by atoms with Gasteiger partial charge in [0.25, 0.3) is 0 Å². The summed E-state index contributed by atoms with van der Waals surface area (Å²) in [6.07, 6.45) is 0.499. The molecule has 34 heavy (non-hydrogen) atoms.